The number of halogens is 2. The smallest absolute Gasteiger partial charge is 0.234 e. The molecule has 1 fully saturated rings. The molecular formula is C16H26Cl2N4O3. The van der Waals surface area contributed by atoms with E-state index in [9.17, 15) is 9.59 Å². The Hall–Kier alpha value is -1.38. The number of ether oxygens (including phenoxy) is 1. The third-order valence-corrected chi connectivity index (χ3v) is 3.64. The summed E-state index contributed by atoms with van der Waals surface area (Å²) in [5.74, 6) is -0.218. The summed E-state index contributed by atoms with van der Waals surface area (Å²) in [6, 6.07) is 7.42. The van der Waals surface area contributed by atoms with Crippen LogP contribution in [0.15, 0.2) is 24.3 Å². The van der Waals surface area contributed by atoms with Crippen molar-refractivity contribution in [3.05, 3.63) is 29.8 Å². The first-order chi connectivity index (χ1) is 11.2. The van der Waals surface area contributed by atoms with E-state index in [4.69, 9.17) is 10.5 Å². The van der Waals surface area contributed by atoms with Gasteiger partial charge in [0.15, 0.2) is 0 Å². The number of hydrogen-bond acceptors (Lipinski definition) is 5. The zero-order valence-electron chi connectivity index (χ0n) is 14.0. The number of rotatable bonds is 7. The molecule has 1 aromatic carbocycles. The van der Waals surface area contributed by atoms with Crippen LogP contribution in [0.5, 0.6) is 0 Å². The Morgan fingerprint density at radius 3 is 2.56 bits per heavy atom. The average Bonchev–Trinajstić information content (AvgIpc) is 2.59. The van der Waals surface area contributed by atoms with E-state index in [1.54, 1.807) is 0 Å². The topological polar surface area (TPSA) is 96.7 Å². The maximum Gasteiger partial charge on any atom is 0.234 e. The van der Waals surface area contributed by atoms with Gasteiger partial charge in [0, 0.05) is 38.3 Å². The molecule has 0 atom stereocenters. The van der Waals surface area contributed by atoms with E-state index >= 15 is 0 Å². The molecule has 0 spiro atoms. The van der Waals surface area contributed by atoms with Crippen LogP contribution in [-0.2, 0) is 20.9 Å². The molecule has 7 nitrogen and oxygen atoms in total. The van der Waals surface area contributed by atoms with Gasteiger partial charge in [-0.2, -0.15) is 0 Å². The molecule has 1 aliphatic heterocycles. The number of carbonyl (C=O) groups excluding carboxylic acids is 2. The Labute approximate surface area is 160 Å². The number of carbonyl (C=O) groups is 2. The first-order valence-corrected chi connectivity index (χ1v) is 7.83. The second kappa shape index (κ2) is 12.9. The summed E-state index contributed by atoms with van der Waals surface area (Å²) in [7, 11) is 0. The van der Waals surface area contributed by atoms with Crippen molar-refractivity contribution in [1.82, 2.24) is 10.2 Å². The minimum atomic E-state index is -0.204. The van der Waals surface area contributed by atoms with Gasteiger partial charge in [-0.05, 0) is 17.7 Å². The molecule has 0 saturated carbocycles. The Morgan fingerprint density at radius 2 is 1.88 bits per heavy atom. The molecular weight excluding hydrogens is 367 g/mol. The summed E-state index contributed by atoms with van der Waals surface area (Å²) in [5, 5.41) is 5.59. The second-order valence-corrected chi connectivity index (χ2v) is 5.43. The van der Waals surface area contributed by atoms with Gasteiger partial charge in [-0.15, -0.1) is 24.8 Å². The van der Waals surface area contributed by atoms with Gasteiger partial charge in [0.25, 0.3) is 0 Å². The van der Waals surface area contributed by atoms with Crippen LogP contribution in [0.25, 0.3) is 0 Å². The van der Waals surface area contributed by atoms with Gasteiger partial charge in [0.2, 0.25) is 11.8 Å². The lowest BCUT2D eigenvalue weighted by Gasteiger charge is -2.26. The van der Waals surface area contributed by atoms with E-state index in [0.717, 1.165) is 44.1 Å². The van der Waals surface area contributed by atoms with E-state index in [0.29, 0.717) is 13.0 Å². The van der Waals surface area contributed by atoms with Crippen molar-refractivity contribution in [2.24, 2.45) is 5.73 Å². The lowest BCUT2D eigenvalue weighted by atomic mass is 10.2. The number of anilines is 1. The minimum Gasteiger partial charge on any atom is -0.379 e. The van der Waals surface area contributed by atoms with Crippen molar-refractivity contribution in [3.8, 4) is 0 Å². The maximum atomic E-state index is 12.0. The number of amides is 2. The van der Waals surface area contributed by atoms with Gasteiger partial charge < -0.3 is 21.1 Å². The van der Waals surface area contributed by atoms with Gasteiger partial charge >= 0.3 is 0 Å². The predicted octanol–water partition coefficient (Wildman–Crippen LogP) is 0.766. The highest BCUT2D eigenvalue weighted by Crippen LogP contribution is 2.11. The Morgan fingerprint density at radius 1 is 1.16 bits per heavy atom. The predicted molar refractivity (Wildman–Crippen MR) is 102 cm³/mol. The zero-order valence-corrected chi connectivity index (χ0v) is 15.7. The van der Waals surface area contributed by atoms with E-state index < -0.39 is 0 Å². The molecule has 0 aliphatic carbocycles. The fourth-order valence-electron chi connectivity index (χ4n) is 2.34. The summed E-state index contributed by atoms with van der Waals surface area (Å²) in [5.41, 5.74) is 6.89. The molecule has 1 aromatic rings. The number of hydrogen-bond donors (Lipinski definition) is 3. The van der Waals surface area contributed by atoms with Gasteiger partial charge in [-0.25, -0.2) is 0 Å². The van der Waals surface area contributed by atoms with Crippen molar-refractivity contribution in [1.29, 1.82) is 0 Å². The summed E-state index contributed by atoms with van der Waals surface area (Å²) >= 11 is 0. The van der Waals surface area contributed by atoms with Gasteiger partial charge in [0.1, 0.15) is 0 Å². The standard InChI is InChI=1S/C16H24N4O3.2ClH/c17-11-16(22)18-12-13-2-1-3-14(10-13)19-15(21)4-5-20-6-8-23-9-7-20;;/h1-3,10H,4-9,11-12,17H2,(H,18,22)(H,19,21);2*1H. The summed E-state index contributed by atoms with van der Waals surface area (Å²) in [4.78, 5) is 25.4. The molecule has 9 heteroatoms. The maximum absolute atomic E-state index is 12.0. The van der Waals surface area contributed by atoms with E-state index in [-0.39, 0.29) is 43.2 Å². The van der Waals surface area contributed by atoms with Crippen LogP contribution in [-0.4, -0.2) is 56.1 Å². The van der Waals surface area contributed by atoms with Crippen molar-refractivity contribution in [2.75, 3.05) is 44.7 Å². The highest BCUT2D eigenvalue weighted by atomic mass is 35.5. The molecule has 1 heterocycles. The van der Waals surface area contributed by atoms with Crippen LogP contribution in [0.1, 0.15) is 12.0 Å². The largest absolute Gasteiger partial charge is 0.379 e. The fraction of sp³-hybridized carbons (Fsp3) is 0.500. The molecule has 142 valence electrons. The van der Waals surface area contributed by atoms with Crippen molar-refractivity contribution in [3.63, 3.8) is 0 Å². The molecule has 2 amide bonds. The molecule has 0 aromatic heterocycles. The van der Waals surface area contributed by atoms with Gasteiger partial charge in [-0.3, -0.25) is 14.5 Å². The van der Waals surface area contributed by atoms with Crippen LogP contribution in [0, 0.1) is 0 Å². The first kappa shape index (κ1) is 23.6. The Bertz CT molecular complexity index is 540. The number of benzene rings is 1. The lowest BCUT2D eigenvalue weighted by Crippen LogP contribution is -2.38. The van der Waals surface area contributed by atoms with Gasteiger partial charge in [0.05, 0.1) is 19.8 Å². The van der Waals surface area contributed by atoms with E-state index in [1.807, 2.05) is 24.3 Å². The average molecular weight is 393 g/mol. The lowest BCUT2D eigenvalue weighted by molar-refractivity contribution is -0.120. The first-order valence-electron chi connectivity index (χ1n) is 7.83. The van der Waals surface area contributed by atoms with Crippen LogP contribution in [0.4, 0.5) is 5.69 Å². The third kappa shape index (κ3) is 9.04. The highest BCUT2D eigenvalue weighted by molar-refractivity contribution is 5.90. The summed E-state index contributed by atoms with van der Waals surface area (Å²) < 4.78 is 5.28. The van der Waals surface area contributed by atoms with E-state index in [1.165, 1.54) is 0 Å². The van der Waals surface area contributed by atoms with Crippen molar-refractivity contribution < 1.29 is 14.3 Å². The number of morpholine rings is 1. The minimum absolute atomic E-state index is 0. The monoisotopic (exact) mass is 392 g/mol. The number of nitrogens with zero attached hydrogens (tertiary/aromatic N) is 1. The molecule has 0 bridgehead atoms. The van der Waals surface area contributed by atoms with Gasteiger partial charge in [-0.1, -0.05) is 12.1 Å². The van der Waals surface area contributed by atoms with Crippen LogP contribution in [0.3, 0.4) is 0 Å². The number of nitrogens with two attached hydrogens (primary N) is 1. The third-order valence-electron chi connectivity index (χ3n) is 3.64. The van der Waals surface area contributed by atoms with E-state index in [2.05, 4.69) is 15.5 Å². The molecule has 2 rings (SSSR count). The Balaban J connectivity index is 0.00000288. The molecule has 4 N–H and O–H groups in total. The molecule has 25 heavy (non-hydrogen) atoms. The van der Waals surface area contributed by atoms with Crippen molar-refractivity contribution >= 4 is 42.3 Å². The fourth-order valence-corrected chi connectivity index (χ4v) is 2.34. The normalized spacial score (nSPS) is 14.0. The summed E-state index contributed by atoms with van der Waals surface area (Å²) in [6.07, 6.45) is 0.453. The zero-order chi connectivity index (χ0) is 16.5. The Kier molecular flexibility index (Phi) is 12.2. The molecule has 1 aliphatic rings. The van der Waals surface area contributed by atoms with Crippen molar-refractivity contribution in [2.45, 2.75) is 13.0 Å². The molecule has 0 radical (unpaired) electrons. The quantitative estimate of drug-likeness (QED) is 0.636. The molecule has 1 saturated heterocycles. The number of nitrogens with one attached hydrogen (secondary N) is 2. The summed E-state index contributed by atoms with van der Waals surface area (Å²) in [6.45, 7) is 4.33. The second-order valence-electron chi connectivity index (χ2n) is 5.43. The highest BCUT2D eigenvalue weighted by Gasteiger charge is 2.12. The van der Waals surface area contributed by atoms with Crippen LogP contribution >= 0.6 is 24.8 Å². The SMILES string of the molecule is Cl.Cl.NCC(=O)NCc1cccc(NC(=O)CCN2CCOCC2)c1. The molecule has 0 unspecified atom stereocenters. The van der Waals surface area contributed by atoms with Crippen LogP contribution in [0.2, 0.25) is 0 Å². The van der Waals surface area contributed by atoms with Crippen LogP contribution < -0.4 is 16.4 Å².